The Hall–Kier alpha value is -2.84. The van der Waals surface area contributed by atoms with E-state index in [0.29, 0.717) is 18.5 Å². The lowest BCUT2D eigenvalue weighted by Gasteiger charge is -2.43. The number of halogens is 2. The molecule has 5 rings (SSSR count). The summed E-state index contributed by atoms with van der Waals surface area (Å²) in [4.78, 5) is 0. The van der Waals surface area contributed by atoms with E-state index in [2.05, 4.69) is 20.6 Å². The molecule has 0 spiro atoms. The maximum Gasteiger partial charge on any atom is 0.168 e. The summed E-state index contributed by atoms with van der Waals surface area (Å²) in [6.07, 6.45) is 0.664. The molecule has 13 heteroatoms. The third-order valence-corrected chi connectivity index (χ3v) is 7.46. The van der Waals surface area contributed by atoms with Gasteiger partial charge in [0, 0.05) is 25.3 Å². The summed E-state index contributed by atoms with van der Waals surface area (Å²) in [5.74, 6) is -2.00. The first-order valence-corrected chi connectivity index (χ1v) is 12.1. The zero-order valence-corrected chi connectivity index (χ0v) is 20.7. The number of nitrogens with zero attached hydrogens (tertiary/aromatic N) is 6. The first kappa shape index (κ1) is 25.8. The number of rotatable bonds is 7. The molecule has 1 aliphatic carbocycles. The van der Waals surface area contributed by atoms with E-state index in [1.54, 1.807) is 10.9 Å². The van der Waals surface area contributed by atoms with Gasteiger partial charge in [-0.25, -0.2) is 18.1 Å². The van der Waals surface area contributed by atoms with Crippen LogP contribution in [0.3, 0.4) is 0 Å². The van der Waals surface area contributed by atoms with Gasteiger partial charge in [-0.3, -0.25) is 0 Å². The summed E-state index contributed by atoms with van der Waals surface area (Å²) in [5, 5.41) is 47.2. The van der Waals surface area contributed by atoms with Gasteiger partial charge < -0.3 is 24.8 Å². The van der Waals surface area contributed by atoms with Crippen LogP contribution in [0.5, 0.6) is 0 Å². The quantitative estimate of drug-likeness (QED) is 0.415. The van der Waals surface area contributed by atoms with Gasteiger partial charge in [-0.15, -0.1) is 10.2 Å². The molecule has 11 nitrogen and oxygen atoms in total. The van der Waals surface area contributed by atoms with Gasteiger partial charge in [0.15, 0.2) is 11.6 Å². The summed E-state index contributed by atoms with van der Waals surface area (Å²) in [6, 6.07) is 2.01. The van der Waals surface area contributed by atoms with Gasteiger partial charge in [-0.05, 0) is 38.3 Å². The van der Waals surface area contributed by atoms with Crippen molar-refractivity contribution in [1.82, 2.24) is 30.0 Å². The van der Waals surface area contributed by atoms with E-state index in [0.717, 1.165) is 0 Å². The minimum absolute atomic E-state index is 0.0636. The van der Waals surface area contributed by atoms with E-state index in [9.17, 15) is 24.1 Å². The van der Waals surface area contributed by atoms with Crippen molar-refractivity contribution in [3.63, 3.8) is 0 Å². The fourth-order valence-electron chi connectivity index (χ4n) is 5.32. The molecule has 0 amide bonds. The molecule has 3 heterocycles. The Kier molecular flexibility index (Phi) is 6.83. The number of hydrogen-bond acceptors (Lipinski definition) is 9. The third-order valence-electron chi connectivity index (χ3n) is 7.46. The molecule has 2 aromatic heterocycles. The molecule has 1 saturated heterocycles. The van der Waals surface area contributed by atoms with Gasteiger partial charge in [0.2, 0.25) is 0 Å². The molecule has 1 saturated carbocycles. The van der Waals surface area contributed by atoms with E-state index in [1.165, 1.54) is 37.0 Å². The average molecular weight is 521 g/mol. The molecular formula is C24H30F2N6O5. The third kappa shape index (κ3) is 4.55. The number of aromatic nitrogens is 6. The van der Waals surface area contributed by atoms with Crippen LogP contribution < -0.4 is 0 Å². The van der Waals surface area contributed by atoms with E-state index in [4.69, 9.17) is 9.47 Å². The van der Waals surface area contributed by atoms with Gasteiger partial charge in [0.1, 0.15) is 30.0 Å². The second-order valence-corrected chi connectivity index (χ2v) is 10.1. The second kappa shape index (κ2) is 9.80. The van der Waals surface area contributed by atoms with Gasteiger partial charge in [-0.1, -0.05) is 16.5 Å². The number of aryl methyl sites for hydroxylation is 1. The largest absolute Gasteiger partial charge is 0.394 e. The molecule has 0 bridgehead atoms. The first-order valence-electron chi connectivity index (χ1n) is 12.1. The normalized spacial score (nSPS) is 31.9. The highest BCUT2D eigenvalue weighted by atomic mass is 19.2. The van der Waals surface area contributed by atoms with Gasteiger partial charge in [0.05, 0.1) is 36.2 Å². The fourth-order valence-corrected chi connectivity index (χ4v) is 5.32. The molecule has 2 aliphatic rings. The minimum Gasteiger partial charge on any atom is -0.394 e. The van der Waals surface area contributed by atoms with E-state index in [1.807, 2.05) is 6.92 Å². The maximum atomic E-state index is 14.6. The van der Waals surface area contributed by atoms with Crippen LogP contribution in [0.1, 0.15) is 37.1 Å². The topological polar surface area (TPSA) is 141 Å². The number of methoxy groups -OCH3 is 1. The smallest absolute Gasteiger partial charge is 0.168 e. The molecule has 0 unspecified atom stereocenters. The highest BCUT2D eigenvalue weighted by molar-refractivity contribution is 5.59. The standard InChI is InChI=1S/C24H30F2N6O5/c1-12-4-5-15(20(26)19(12)25)16-10-31(29-28-16)21-22(35)18(11-33)37-17(23(21)36-3)6-13-9-32(30-27-13)24(2)7-14(34)8-24/h4-5,9-10,14,17-18,21-23,33-35H,6-8,11H2,1-3H3/t14?,17-,18-,21+,22+,23+,24?/m1/s1. The minimum atomic E-state index is -1.23. The predicted molar refractivity (Wildman–Crippen MR) is 124 cm³/mol. The zero-order chi connectivity index (χ0) is 26.5. The molecule has 3 aromatic rings. The van der Waals surface area contributed by atoms with Crippen molar-refractivity contribution in [3.8, 4) is 11.3 Å². The Balaban J connectivity index is 1.42. The molecule has 1 aliphatic heterocycles. The predicted octanol–water partition coefficient (Wildman–Crippen LogP) is 0.913. The van der Waals surface area contributed by atoms with Crippen molar-refractivity contribution < 1.29 is 33.6 Å². The average Bonchev–Trinajstić information content (AvgIpc) is 3.52. The summed E-state index contributed by atoms with van der Waals surface area (Å²) >= 11 is 0. The molecule has 200 valence electrons. The van der Waals surface area contributed by atoms with Crippen molar-refractivity contribution in [1.29, 1.82) is 0 Å². The molecule has 1 aromatic carbocycles. The zero-order valence-electron chi connectivity index (χ0n) is 20.7. The van der Waals surface area contributed by atoms with Crippen LogP contribution in [-0.4, -0.2) is 89.5 Å². The van der Waals surface area contributed by atoms with Gasteiger partial charge >= 0.3 is 0 Å². The summed E-state index contributed by atoms with van der Waals surface area (Å²) in [5.41, 5.74) is 0.485. The Labute approximate surface area is 211 Å². The summed E-state index contributed by atoms with van der Waals surface area (Å²) in [6.45, 7) is 2.99. The van der Waals surface area contributed by atoms with Crippen LogP contribution >= 0.6 is 0 Å². The van der Waals surface area contributed by atoms with Crippen LogP contribution in [-0.2, 0) is 21.4 Å². The van der Waals surface area contributed by atoms with Crippen molar-refractivity contribution in [2.75, 3.05) is 13.7 Å². The number of ether oxygens (including phenoxy) is 2. The number of benzene rings is 1. The van der Waals surface area contributed by atoms with Crippen LogP contribution in [0.4, 0.5) is 8.78 Å². The molecular weight excluding hydrogens is 490 g/mol. The summed E-state index contributed by atoms with van der Waals surface area (Å²) in [7, 11) is 1.46. The van der Waals surface area contributed by atoms with Crippen molar-refractivity contribution in [2.24, 2.45) is 0 Å². The molecule has 5 atom stereocenters. The Bertz CT molecular complexity index is 1260. The number of hydrogen-bond donors (Lipinski definition) is 3. The lowest BCUT2D eigenvalue weighted by Crippen LogP contribution is -2.57. The van der Waals surface area contributed by atoms with Crippen LogP contribution in [0.15, 0.2) is 24.5 Å². The number of aliphatic hydroxyl groups excluding tert-OH is 3. The molecule has 3 N–H and O–H groups in total. The lowest BCUT2D eigenvalue weighted by molar-refractivity contribution is -0.212. The van der Waals surface area contributed by atoms with Crippen molar-refractivity contribution in [3.05, 3.63) is 47.4 Å². The van der Waals surface area contributed by atoms with Crippen LogP contribution in [0.2, 0.25) is 0 Å². The Morgan fingerprint density at radius 3 is 2.54 bits per heavy atom. The molecule has 0 radical (unpaired) electrons. The summed E-state index contributed by atoms with van der Waals surface area (Å²) < 4.78 is 43.5. The van der Waals surface area contributed by atoms with Crippen LogP contribution in [0, 0.1) is 18.6 Å². The van der Waals surface area contributed by atoms with Gasteiger partial charge in [0.25, 0.3) is 0 Å². The van der Waals surface area contributed by atoms with E-state index < -0.39 is 48.7 Å². The maximum absolute atomic E-state index is 14.6. The number of aliphatic hydroxyl groups is 3. The van der Waals surface area contributed by atoms with Crippen LogP contribution in [0.25, 0.3) is 11.3 Å². The Morgan fingerprint density at radius 1 is 1.11 bits per heavy atom. The van der Waals surface area contributed by atoms with E-state index in [-0.39, 0.29) is 34.9 Å². The highest BCUT2D eigenvalue weighted by Crippen LogP contribution is 2.39. The van der Waals surface area contributed by atoms with Gasteiger partial charge in [-0.2, -0.15) is 0 Å². The highest BCUT2D eigenvalue weighted by Gasteiger charge is 2.48. The molecule has 2 fully saturated rings. The van der Waals surface area contributed by atoms with Crippen molar-refractivity contribution in [2.45, 2.75) is 75.2 Å². The SMILES string of the molecule is CO[C@@H]1[C@@H](n2cc(-c3ccc(C)c(F)c3F)nn2)[C@@H](O)[C@@H](CO)O[C@@H]1Cc1cn(C2(C)CC(O)C2)nn1. The lowest BCUT2D eigenvalue weighted by atomic mass is 9.76. The fraction of sp³-hybridized carbons (Fsp3) is 0.583. The van der Waals surface area contributed by atoms with E-state index >= 15 is 0 Å². The first-order chi connectivity index (χ1) is 17.6. The monoisotopic (exact) mass is 520 g/mol. The molecule has 37 heavy (non-hydrogen) atoms. The Morgan fingerprint density at radius 2 is 1.86 bits per heavy atom. The second-order valence-electron chi connectivity index (χ2n) is 10.1. The van der Waals surface area contributed by atoms with Crippen molar-refractivity contribution >= 4 is 0 Å².